The van der Waals surface area contributed by atoms with Gasteiger partial charge in [0, 0.05) is 17.3 Å². The van der Waals surface area contributed by atoms with Crippen molar-refractivity contribution in [2.75, 3.05) is 0 Å². The molecule has 1 aromatic carbocycles. The van der Waals surface area contributed by atoms with Gasteiger partial charge in [0.05, 0.1) is 0 Å². The first-order chi connectivity index (χ1) is 9.26. The predicted octanol–water partition coefficient (Wildman–Crippen LogP) is 4.32. The van der Waals surface area contributed by atoms with Gasteiger partial charge in [-0.25, -0.2) is 9.37 Å². The van der Waals surface area contributed by atoms with Gasteiger partial charge in [0.2, 0.25) is 0 Å². The number of halogens is 1. The number of fused-ring (bicyclic) bond motifs is 1. The summed E-state index contributed by atoms with van der Waals surface area (Å²) in [7, 11) is 0. The largest absolute Gasteiger partial charge is 0.339 e. The number of nitrogens with zero attached hydrogens (tertiary/aromatic N) is 1. The van der Waals surface area contributed by atoms with Crippen LogP contribution >= 0.6 is 0 Å². The molecule has 0 aliphatic heterocycles. The number of rotatable bonds is 3. The van der Waals surface area contributed by atoms with Crippen LogP contribution in [0.1, 0.15) is 18.9 Å². The summed E-state index contributed by atoms with van der Waals surface area (Å²) in [4.78, 5) is 7.70. The van der Waals surface area contributed by atoms with Gasteiger partial charge in [-0.3, -0.25) is 0 Å². The minimum atomic E-state index is -0.219. The van der Waals surface area contributed by atoms with Crippen molar-refractivity contribution in [2.45, 2.75) is 19.8 Å². The molecule has 0 saturated carbocycles. The Hall–Kier alpha value is -2.16. The smallest absolute Gasteiger partial charge is 0.137 e. The van der Waals surface area contributed by atoms with Gasteiger partial charge in [-0.2, -0.15) is 0 Å². The van der Waals surface area contributed by atoms with Crippen molar-refractivity contribution in [3.05, 3.63) is 54.0 Å². The molecule has 0 aliphatic rings. The number of H-pyrrole nitrogens is 1. The van der Waals surface area contributed by atoms with Gasteiger partial charge in [0.25, 0.3) is 0 Å². The second-order valence-corrected chi connectivity index (χ2v) is 4.72. The lowest BCUT2D eigenvalue weighted by Gasteiger charge is -1.96. The van der Waals surface area contributed by atoms with Gasteiger partial charge in [-0.15, -0.1) is 0 Å². The second kappa shape index (κ2) is 4.84. The SMILES string of the molecule is CCCc1cnc2[nH]c(-c3ccc(F)cc3)cc2c1. The van der Waals surface area contributed by atoms with Gasteiger partial charge >= 0.3 is 0 Å². The second-order valence-electron chi connectivity index (χ2n) is 4.72. The third kappa shape index (κ3) is 2.36. The van der Waals surface area contributed by atoms with Gasteiger partial charge < -0.3 is 4.98 Å². The molecule has 0 atom stereocenters. The number of pyridine rings is 1. The zero-order valence-corrected chi connectivity index (χ0v) is 10.8. The number of hydrogen-bond acceptors (Lipinski definition) is 1. The summed E-state index contributed by atoms with van der Waals surface area (Å²) in [6.45, 7) is 2.16. The average molecular weight is 254 g/mol. The monoisotopic (exact) mass is 254 g/mol. The van der Waals surface area contributed by atoms with Crippen molar-refractivity contribution in [2.24, 2.45) is 0 Å². The Labute approximate surface area is 111 Å². The Bertz CT molecular complexity index is 698. The average Bonchev–Trinajstić information content (AvgIpc) is 2.83. The number of nitrogens with one attached hydrogen (secondary N) is 1. The number of hydrogen-bond donors (Lipinski definition) is 1. The summed E-state index contributed by atoms with van der Waals surface area (Å²) in [6.07, 6.45) is 4.07. The van der Waals surface area contributed by atoms with Crippen LogP contribution in [-0.4, -0.2) is 9.97 Å². The van der Waals surface area contributed by atoms with Crippen molar-refractivity contribution < 1.29 is 4.39 Å². The van der Waals surface area contributed by atoms with E-state index in [-0.39, 0.29) is 5.82 Å². The minimum absolute atomic E-state index is 0.219. The molecular formula is C16H15FN2. The van der Waals surface area contributed by atoms with Crippen LogP contribution < -0.4 is 0 Å². The lowest BCUT2D eigenvalue weighted by molar-refractivity contribution is 0.628. The molecule has 0 radical (unpaired) electrons. The summed E-state index contributed by atoms with van der Waals surface area (Å²) < 4.78 is 12.9. The molecule has 96 valence electrons. The highest BCUT2D eigenvalue weighted by atomic mass is 19.1. The van der Waals surface area contributed by atoms with E-state index in [1.165, 1.54) is 17.7 Å². The van der Waals surface area contributed by atoms with E-state index in [9.17, 15) is 4.39 Å². The first-order valence-corrected chi connectivity index (χ1v) is 6.50. The summed E-state index contributed by atoms with van der Waals surface area (Å²) in [6, 6.07) is 10.7. The molecule has 0 saturated heterocycles. The molecule has 0 bridgehead atoms. The van der Waals surface area contributed by atoms with Crippen LogP contribution in [-0.2, 0) is 6.42 Å². The first-order valence-electron chi connectivity index (χ1n) is 6.50. The molecule has 0 aliphatic carbocycles. The van der Waals surface area contributed by atoms with Gasteiger partial charge in [0.15, 0.2) is 0 Å². The normalized spacial score (nSPS) is 11.1. The van der Waals surface area contributed by atoms with E-state index in [4.69, 9.17) is 0 Å². The molecule has 2 heterocycles. The van der Waals surface area contributed by atoms with E-state index in [1.54, 1.807) is 12.1 Å². The predicted molar refractivity (Wildman–Crippen MR) is 75.5 cm³/mol. The maximum absolute atomic E-state index is 12.9. The Balaban J connectivity index is 2.03. The lowest BCUT2D eigenvalue weighted by Crippen LogP contribution is -1.85. The molecule has 1 N–H and O–H groups in total. The van der Waals surface area contributed by atoms with Crippen LogP contribution in [0, 0.1) is 5.82 Å². The lowest BCUT2D eigenvalue weighted by atomic mass is 10.1. The van der Waals surface area contributed by atoms with Crippen LogP contribution in [0.3, 0.4) is 0 Å². The zero-order chi connectivity index (χ0) is 13.2. The molecule has 0 spiro atoms. The molecule has 0 fully saturated rings. The molecular weight excluding hydrogens is 239 g/mol. The molecule has 2 nitrogen and oxygen atoms in total. The van der Waals surface area contributed by atoms with E-state index < -0.39 is 0 Å². The molecule has 3 aromatic rings. The molecule has 3 heteroatoms. The Kier molecular flexibility index (Phi) is 3.03. The van der Waals surface area contributed by atoms with Gasteiger partial charge in [-0.05, 0) is 53.9 Å². The van der Waals surface area contributed by atoms with E-state index in [0.29, 0.717) is 0 Å². The molecule has 0 unspecified atom stereocenters. The fraction of sp³-hybridized carbons (Fsp3) is 0.188. The highest BCUT2D eigenvalue weighted by Gasteiger charge is 2.05. The minimum Gasteiger partial charge on any atom is -0.339 e. The van der Waals surface area contributed by atoms with Crippen molar-refractivity contribution in [3.8, 4) is 11.3 Å². The topological polar surface area (TPSA) is 28.7 Å². The van der Waals surface area contributed by atoms with Crippen LogP contribution in [0.2, 0.25) is 0 Å². The maximum atomic E-state index is 12.9. The van der Waals surface area contributed by atoms with Crippen LogP contribution in [0.4, 0.5) is 4.39 Å². The van der Waals surface area contributed by atoms with Crippen LogP contribution in [0.15, 0.2) is 42.6 Å². The molecule has 0 amide bonds. The summed E-state index contributed by atoms with van der Waals surface area (Å²) >= 11 is 0. The van der Waals surface area contributed by atoms with Crippen molar-refractivity contribution in [1.29, 1.82) is 0 Å². The fourth-order valence-corrected chi connectivity index (χ4v) is 2.27. The van der Waals surface area contributed by atoms with E-state index in [2.05, 4.69) is 29.0 Å². The molecule has 3 rings (SSSR count). The van der Waals surface area contributed by atoms with Crippen LogP contribution in [0.5, 0.6) is 0 Å². The van der Waals surface area contributed by atoms with Crippen LogP contribution in [0.25, 0.3) is 22.3 Å². The number of aromatic nitrogens is 2. The Morgan fingerprint density at radius 2 is 1.95 bits per heavy atom. The van der Waals surface area contributed by atoms with Crippen molar-refractivity contribution >= 4 is 11.0 Å². The number of aromatic amines is 1. The summed E-state index contributed by atoms with van der Waals surface area (Å²) in [5.74, 6) is -0.219. The summed E-state index contributed by atoms with van der Waals surface area (Å²) in [5, 5.41) is 1.10. The summed E-state index contributed by atoms with van der Waals surface area (Å²) in [5.41, 5.74) is 4.06. The maximum Gasteiger partial charge on any atom is 0.137 e. The van der Waals surface area contributed by atoms with Crippen molar-refractivity contribution in [3.63, 3.8) is 0 Å². The van der Waals surface area contributed by atoms with Gasteiger partial charge in [-0.1, -0.05) is 13.3 Å². The molecule has 19 heavy (non-hydrogen) atoms. The zero-order valence-electron chi connectivity index (χ0n) is 10.8. The van der Waals surface area contributed by atoms with E-state index in [0.717, 1.165) is 35.1 Å². The molecule has 2 aromatic heterocycles. The Morgan fingerprint density at radius 3 is 2.68 bits per heavy atom. The van der Waals surface area contributed by atoms with Gasteiger partial charge in [0.1, 0.15) is 11.5 Å². The third-order valence-corrected chi connectivity index (χ3v) is 3.22. The first kappa shape index (κ1) is 11.9. The van der Waals surface area contributed by atoms with E-state index >= 15 is 0 Å². The fourth-order valence-electron chi connectivity index (χ4n) is 2.27. The Morgan fingerprint density at radius 1 is 1.16 bits per heavy atom. The highest BCUT2D eigenvalue weighted by Crippen LogP contribution is 2.24. The number of aryl methyl sites for hydroxylation is 1. The standard InChI is InChI=1S/C16H15FN2/c1-2-3-11-8-13-9-15(19-16(13)18-10-11)12-4-6-14(17)7-5-12/h4-10H,2-3H2,1H3,(H,18,19). The third-order valence-electron chi connectivity index (χ3n) is 3.22. The van der Waals surface area contributed by atoms with E-state index in [1.807, 2.05) is 6.20 Å². The van der Waals surface area contributed by atoms with Crippen molar-refractivity contribution in [1.82, 2.24) is 9.97 Å². The quantitative estimate of drug-likeness (QED) is 0.740. The number of benzene rings is 1. The highest BCUT2D eigenvalue weighted by molar-refractivity contribution is 5.83.